The molecule has 2 rings (SSSR count). The summed E-state index contributed by atoms with van der Waals surface area (Å²) in [6.45, 7) is 8.62. The number of allylic oxidation sites excluding steroid dienone is 2. The van der Waals surface area contributed by atoms with Crippen LogP contribution >= 0.6 is 11.6 Å². The van der Waals surface area contributed by atoms with Gasteiger partial charge in [0, 0.05) is 0 Å². The van der Waals surface area contributed by atoms with Crippen LogP contribution in [0.3, 0.4) is 0 Å². The molecule has 0 aliphatic heterocycles. The summed E-state index contributed by atoms with van der Waals surface area (Å²) < 4.78 is 12.1. The fraction of sp³-hybridized carbons (Fsp3) is 0.500. The molecule has 0 saturated carbocycles. The zero-order chi connectivity index (χ0) is 18.0. The van der Waals surface area contributed by atoms with E-state index in [1.807, 2.05) is 24.3 Å². The number of methoxy groups -OCH3 is 1. The molecule has 1 aromatic rings. The Morgan fingerprint density at radius 3 is 2.46 bits per heavy atom. The van der Waals surface area contributed by atoms with Gasteiger partial charge in [-0.2, -0.15) is 0 Å². The maximum atomic E-state index is 12.8. The average Bonchev–Trinajstić information content (AvgIpc) is 2.50. The van der Waals surface area contributed by atoms with Crippen molar-refractivity contribution in [3.63, 3.8) is 0 Å². The van der Waals surface area contributed by atoms with Crippen LogP contribution in [0, 0.1) is 5.92 Å². The van der Waals surface area contributed by atoms with E-state index in [0.29, 0.717) is 11.4 Å². The Kier molecular flexibility index (Phi) is 6.24. The number of carbonyl (C=O) groups is 1. The molecular weight excluding hydrogens is 407 g/mol. The van der Waals surface area contributed by atoms with E-state index in [1.165, 1.54) is 7.11 Å². The van der Waals surface area contributed by atoms with Gasteiger partial charge >= 0.3 is 157 Å². The number of hydrogen-bond acceptors (Lipinski definition) is 3. The van der Waals surface area contributed by atoms with E-state index in [-0.39, 0.29) is 26.8 Å². The first-order valence-electron chi connectivity index (χ1n) is 8.07. The molecule has 3 nitrogen and oxygen atoms in total. The first kappa shape index (κ1) is 19.6. The second kappa shape index (κ2) is 7.65. The number of benzene rings is 1. The van der Waals surface area contributed by atoms with E-state index in [2.05, 4.69) is 32.6 Å². The molecule has 6 heteroatoms. The molecule has 0 amide bonds. The topological polar surface area (TPSA) is 35.5 Å². The van der Waals surface area contributed by atoms with Crippen molar-refractivity contribution in [3.8, 4) is 0 Å². The van der Waals surface area contributed by atoms with E-state index in [1.54, 1.807) is 0 Å². The van der Waals surface area contributed by atoms with Gasteiger partial charge in [0.2, 0.25) is 0 Å². The predicted octanol–water partition coefficient (Wildman–Crippen LogP) is 4.17. The third-order valence-corrected chi connectivity index (χ3v) is 8.47. The summed E-state index contributed by atoms with van der Waals surface area (Å²) in [7, 11) is -0.226. The normalized spacial score (nSPS) is 24.2. The monoisotopic (exact) mass is 432 g/mol. The summed E-state index contributed by atoms with van der Waals surface area (Å²) in [5.41, 5.74) is 0. The third-order valence-electron chi connectivity index (χ3n) is 4.01. The van der Waals surface area contributed by atoms with Crippen molar-refractivity contribution in [1.29, 1.82) is 0 Å². The van der Waals surface area contributed by atoms with Gasteiger partial charge in [0.15, 0.2) is 0 Å². The zero-order valence-corrected chi connectivity index (χ0v) is 18.4. The van der Waals surface area contributed by atoms with E-state index >= 15 is 0 Å². The summed E-state index contributed by atoms with van der Waals surface area (Å²) >= 11 is 5.93. The van der Waals surface area contributed by atoms with Crippen molar-refractivity contribution < 1.29 is 14.0 Å². The number of hydrogen-bond donors (Lipinski definition) is 0. The van der Waals surface area contributed by atoms with E-state index in [0.717, 1.165) is 16.6 Å². The molecule has 132 valence electrons. The van der Waals surface area contributed by atoms with E-state index < -0.39 is 12.6 Å². The van der Waals surface area contributed by atoms with Gasteiger partial charge in [0.1, 0.15) is 0 Å². The molecule has 0 saturated heterocycles. The minimum atomic E-state index is -1.70. The van der Waals surface area contributed by atoms with Crippen molar-refractivity contribution in [2.45, 2.75) is 43.7 Å². The Balaban J connectivity index is 2.34. The van der Waals surface area contributed by atoms with Crippen LogP contribution in [0.5, 0.6) is 0 Å². The van der Waals surface area contributed by atoms with Crippen LogP contribution in [-0.2, 0) is 14.0 Å². The second-order valence-electron chi connectivity index (χ2n) is 7.14. The SMILES string of the molecule is COC(=O)[C@@]1([Se]c2ccc(Cl)cc2)CC(O[Si](C)(C)C)=CC[C@@H]1C. The molecule has 1 aliphatic carbocycles. The number of carbonyl (C=O) groups excluding carboxylic acids is 1. The summed E-state index contributed by atoms with van der Waals surface area (Å²) in [6, 6.07) is 7.78. The van der Waals surface area contributed by atoms with Gasteiger partial charge in [0.25, 0.3) is 0 Å². The van der Waals surface area contributed by atoms with Crippen LogP contribution in [-0.4, -0.2) is 36.4 Å². The molecule has 0 unspecified atom stereocenters. The number of halogens is 1. The fourth-order valence-electron chi connectivity index (χ4n) is 2.81. The predicted molar refractivity (Wildman–Crippen MR) is 102 cm³/mol. The molecule has 0 aromatic heterocycles. The van der Waals surface area contributed by atoms with E-state index in [9.17, 15) is 4.79 Å². The van der Waals surface area contributed by atoms with Crippen LogP contribution in [0.4, 0.5) is 0 Å². The quantitative estimate of drug-likeness (QED) is 0.518. The molecule has 2 atom stereocenters. The first-order chi connectivity index (χ1) is 11.2. The molecular formula is C18H25ClO3SeSi. The Morgan fingerprint density at radius 2 is 1.92 bits per heavy atom. The third kappa shape index (κ3) is 4.66. The summed E-state index contributed by atoms with van der Waals surface area (Å²) in [5.74, 6) is 1.04. The molecule has 0 bridgehead atoms. The second-order valence-corrected chi connectivity index (χ2v) is 14.9. The maximum absolute atomic E-state index is 12.8. The molecule has 1 aromatic carbocycles. The molecule has 0 heterocycles. The average molecular weight is 432 g/mol. The molecule has 1 aliphatic rings. The Morgan fingerprint density at radius 1 is 1.29 bits per heavy atom. The molecule has 24 heavy (non-hydrogen) atoms. The van der Waals surface area contributed by atoms with Gasteiger partial charge in [-0.15, -0.1) is 0 Å². The fourth-order valence-corrected chi connectivity index (χ4v) is 6.76. The number of ether oxygens (including phenoxy) is 1. The van der Waals surface area contributed by atoms with Crippen LogP contribution in [0.25, 0.3) is 0 Å². The molecule has 0 fully saturated rings. The van der Waals surface area contributed by atoms with Crippen molar-refractivity contribution in [2.24, 2.45) is 5.92 Å². The number of rotatable bonds is 5. The van der Waals surface area contributed by atoms with Crippen LogP contribution in [0.2, 0.25) is 29.0 Å². The van der Waals surface area contributed by atoms with Crippen LogP contribution in [0.1, 0.15) is 19.8 Å². The van der Waals surface area contributed by atoms with Crippen molar-refractivity contribution >= 4 is 45.3 Å². The van der Waals surface area contributed by atoms with Crippen molar-refractivity contribution in [1.82, 2.24) is 0 Å². The first-order valence-corrected chi connectivity index (χ1v) is 13.6. The summed E-state index contributed by atoms with van der Waals surface area (Å²) in [5, 5.41) is 0.709. The molecule has 0 radical (unpaired) electrons. The van der Waals surface area contributed by atoms with Crippen LogP contribution in [0.15, 0.2) is 36.1 Å². The van der Waals surface area contributed by atoms with E-state index in [4.69, 9.17) is 20.8 Å². The number of esters is 1. The van der Waals surface area contributed by atoms with Crippen molar-refractivity contribution in [2.75, 3.05) is 7.11 Å². The van der Waals surface area contributed by atoms with Gasteiger partial charge in [-0.25, -0.2) is 0 Å². The van der Waals surface area contributed by atoms with Gasteiger partial charge in [0.05, 0.1) is 0 Å². The van der Waals surface area contributed by atoms with Crippen LogP contribution < -0.4 is 4.46 Å². The van der Waals surface area contributed by atoms with Gasteiger partial charge in [-0.1, -0.05) is 0 Å². The Bertz CT molecular complexity index is 624. The van der Waals surface area contributed by atoms with Gasteiger partial charge in [-0.3, -0.25) is 0 Å². The summed E-state index contributed by atoms with van der Waals surface area (Å²) in [4.78, 5) is 12.8. The van der Waals surface area contributed by atoms with Crippen molar-refractivity contribution in [3.05, 3.63) is 41.1 Å². The minimum absolute atomic E-state index is 0.0631. The standard InChI is InChI=1S/C18H25ClO3SeSi/c1-13-6-9-15(22-24(3,4)5)12-18(13,17(20)21-2)23-16-10-7-14(19)8-11-16/h7-11,13H,6,12H2,1-5H3/t13-,18+/m0/s1. The van der Waals surface area contributed by atoms with Gasteiger partial charge in [-0.05, 0) is 0 Å². The Labute approximate surface area is 157 Å². The summed E-state index contributed by atoms with van der Waals surface area (Å²) in [6.07, 6.45) is 3.61. The Hall–Kier alpha value is -0.744. The molecule has 0 N–H and O–H groups in total. The molecule has 0 spiro atoms. The van der Waals surface area contributed by atoms with Gasteiger partial charge < -0.3 is 0 Å². The zero-order valence-electron chi connectivity index (χ0n) is 14.9.